The summed E-state index contributed by atoms with van der Waals surface area (Å²) in [6.07, 6.45) is 1.72. The minimum atomic E-state index is -0.175. The Hall–Kier alpha value is -2.84. The molecule has 164 valence electrons. The zero-order valence-corrected chi connectivity index (χ0v) is 20.3. The van der Waals surface area contributed by atoms with Crippen LogP contribution < -0.4 is 4.90 Å². The first-order chi connectivity index (χ1) is 16.0. The second kappa shape index (κ2) is 9.19. The molecule has 5 rings (SSSR count). The van der Waals surface area contributed by atoms with Crippen LogP contribution in [0, 0.1) is 6.92 Å². The molecule has 5 nitrogen and oxygen atoms in total. The van der Waals surface area contributed by atoms with Gasteiger partial charge in [-0.2, -0.15) is 4.99 Å². The Morgan fingerprint density at radius 2 is 1.88 bits per heavy atom. The number of benzene rings is 2. The Labute approximate surface area is 208 Å². The van der Waals surface area contributed by atoms with Crippen LogP contribution in [0.4, 0.5) is 10.8 Å². The largest absolute Gasteiger partial charge is 0.457 e. The van der Waals surface area contributed by atoms with Crippen molar-refractivity contribution in [3.8, 4) is 11.3 Å². The zero-order chi connectivity index (χ0) is 22.9. The maximum Gasteiger partial charge on any atom is 0.271 e. The van der Waals surface area contributed by atoms with Crippen LogP contribution in [0.2, 0.25) is 10.0 Å². The van der Waals surface area contributed by atoms with Crippen LogP contribution in [0.15, 0.2) is 80.4 Å². The lowest BCUT2D eigenvalue weighted by Gasteiger charge is -2.14. The molecule has 0 unspecified atom stereocenters. The van der Waals surface area contributed by atoms with Crippen molar-refractivity contribution < 1.29 is 9.21 Å². The van der Waals surface area contributed by atoms with Crippen molar-refractivity contribution in [2.75, 3.05) is 4.90 Å². The fourth-order valence-corrected chi connectivity index (χ4v) is 5.17. The minimum absolute atomic E-state index is 0.175. The molecule has 1 aliphatic heterocycles. The van der Waals surface area contributed by atoms with Gasteiger partial charge < -0.3 is 4.42 Å². The minimum Gasteiger partial charge on any atom is -0.457 e. The molecule has 0 saturated carbocycles. The first-order valence-corrected chi connectivity index (χ1v) is 12.3. The van der Waals surface area contributed by atoms with Crippen molar-refractivity contribution in [2.45, 2.75) is 6.92 Å². The summed E-state index contributed by atoms with van der Waals surface area (Å²) in [6.45, 7) is 1.91. The van der Waals surface area contributed by atoms with E-state index >= 15 is 0 Å². The average Bonchev–Trinajstić information content (AvgIpc) is 3.51. The van der Waals surface area contributed by atoms with Gasteiger partial charge >= 0.3 is 0 Å². The molecule has 0 aliphatic carbocycles. The highest BCUT2D eigenvalue weighted by molar-refractivity contribution is 8.19. The lowest BCUT2D eigenvalue weighted by atomic mass is 10.2. The fourth-order valence-electron chi connectivity index (χ4n) is 3.19. The van der Waals surface area contributed by atoms with E-state index in [1.54, 1.807) is 23.1 Å². The Morgan fingerprint density at radius 1 is 1.06 bits per heavy atom. The number of halogens is 2. The summed E-state index contributed by atoms with van der Waals surface area (Å²) in [5, 5.41) is 4.00. The molecule has 1 amide bonds. The Balaban J connectivity index is 1.49. The van der Waals surface area contributed by atoms with Gasteiger partial charge in [0, 0.05) is 17.0 Å². The van der Waals surface area contributed by atoms with Crippen molar-refractivity contribution in [2.24, 2.45) is 4.99 Å². The van der Waals surface area contributed by atoms with Crippen LogP contribution >= 0.6 is 46.3 Å². The lowest BCUT2D eigenvalue weighted by molar-refractivity contribution is -0.113. The van der Waals surface area contributed by atoms with Gasteiger partial charge in [-0.25, -0.2) is 4.98 Å². The predicted molar refractivity (Wildman–Crippen MR) is 138 cm³/mol. The Morgan fingerprint density at radius 3 is 2.61 bits per heavy atom. The number of nitrogens with zero attached hydrogens (tertiary/aromatic N) is 3. The van der Waals surface area contributed by atoms with Crippen molar-refractivity contribution in [3.05, 3.63) is 92.4 Å². The van der Waals surface area contributed by atoms with E-state index in [9.17, 15) is 4.79 Å². The summed E-state index contributed by atoms with van der Waals surface area (Å²) >= 11 is 14.9. The van der Waals surface area contributed by atoms with Crippen LogP contribution in [0.25, 0.3) is 17.4 Å². The third-order valence-corrected chi connectivity index (χ3v) is 7.28. The summed E-state index contributed by atoms with van der Waals surface area (Å²) in [4.78, 5) is 24.5. The molecule has 4 aromatic rings. The number of carbonyl (C=O) groups is 1. The van der Waals surface area contributed by atoms with E-state index in [2.05, 4.69) is 9.98 Å². The van der Waals surface area contributed by atoms with Crippen LogP contribution in [0.1, 0.15) is 11.5 Å². The molecule has 33 heavy (non-hydrogen) atoms. The highest BCUT2D eigenvalue weighted by atomic mass is 35.5. The normalized spacial score (nSPS) is 16.3. The van der Waals surface area contributed by atoms with Crippen LogP contribution in [0.5, 0.6) is 0 Å². The fraction of sp³-hybridized carbons (Fsp3) is 0.0417. The first-order valence-electron chi connectivity index (χ1n) is 9.83. The number of anilines is 1. The molecule has 1 fully saturated rings. The summed E-state index contributed by atoms with van der Waals surface area (Å²) in [5.74, 6) is 1.000. The molecule has 0 spiro atoms. The number of hydrogen-bond donors (Lipinski definition) is 0. The van der Waals surface area contributed by atoms with Gasteiger partial charge in [0.1, 0.15) is 11.5 Å². The van der Waals surface area contributed by atoms with Gasteiger partial charge in [-0.05, 0) is 61.2 Å². The summed E-state index contributed by atoms with van der Waals surface area (Å²) in [6, 6.07) is 18.4. The quantitative estimate of drug-likeness (QED) is 0.262. The molecule has 0 bridgehead atoms. The SMILES string of the molecule is Cc1csc(/N=C2/S/C(=C/c3ccc(-c4ccc(Cl)c(Cl)c4)o3)C(=O)N2c2ccccc2)n1. The van der Waals surface area contributed by atoms with E-state index in [1.807, 2.05) is 60.8 Å². The van der Waals surface area contributed by atoms with E-state index < -0.39 is 0 Å². The number of para-hydroxylation sites is 1. The van der Waals surface area contributed by atoms with Gasteiger partial charge in [-0.3, -0.25) is 9.69 Å². The molecule has 2 aromatic carbocycles. The number of aliphatic imine (C=N–C) groups is 1. The van der Waals surface area contributed by atoms with Gasteiger partial charge in [0.05, 0.1) is 26.3 Å². The van der Waals surface area contributed by atoms with E-state index in [0.717, 1.165) is 16.9 Å². The molecule has 2 aromatic heterocycles. The van der Waals surface area contributed by atoms with E-state index in [-0.39, 0.29) is 5.91 Å². The first kappa shape index (κ1) is 22.0. The smallest absolute Gasteiger partial charge is 0.271 e. The Kier molecular flexibility index (Phi) is 6.12. The molecule has 0 atom stereocenters. The lowest BCUT2D eigenvalue weighted by Crippen LogP contribution is -2.28. The zero-order valence-electron chi connectivity index (χ0n) is 17.2. The predicted octanol–water partition coefficient (Wildman–Crippen LogP) is 7.83. The molecule has 1 aliphatic rings. The number of thioether (sulfide) groups is 1. The molecule has 3 heterocycles. The number of amides is 1. The maximum atomic E-state index is 13.3. The number of aromatic nitrogens is 1. The van der Waals surface area contributed by atoms with Crippen molar-refractivity contribution in [1.82, 2.24) is 4.98 Å². The molecular formula is C24H15Cl2N3O2S2. The number of amidine groups is 1. The number of hydrogen-bond acceptors (Lipinski definition) is 6. The average molecular weight is 512 g/mol. The highest BCUT2D eigenvalue weighted by Gasteiger charge is 2.35. The van der Waals surface area contributed by atoms with Crippen molar-refractivity contribution in [1.29, 1.82) is 0 Å². The van der Waals surface area contributed by atoms with Gasteiger partial charge in [0.15, 0.2) is 5.17 Å². The van der Waals surface area contributed by atoms with Crippen molar-refractivity contribution >= 4 is 74.3 Å². The number of carbonyl (C=O) groups excluding carboxylic acids is 1. The maximum absolute atomic E-state index is 13.3. The molecule has 1 saturated heterocycles. The van der Waals surface area contributed by atoms with Crippen LogP contribution in [-0.2, 0) is 4.79 Å². The monoisotopic (exact) mass is 511 g/mol. The van der Waals surface area contributed by atoms with E-state index in [1.165, 1.54) is 23.1 Å². The summed E-state index contributed by atoms with van der Waals surface area (Å²) in [7, 11) is 0. The number of thiazole rings is 1. The number of rotatable bonds is 4. The second-order valence-electron chi connectivity index (χ2n) is 7.08. The standard InChI is InChI=1S/C24H15Cl2N3O2S2/c1-14-13-32-23(27-14)28-24-29(16-5-3-2-4-6-16)22(30)21(33-24)12-17-8-10-20(31-17)15-7-9-18(25)19(26)11-15/h2-13H,1H3/b21-12+,28-24+. The summed E-state index contributed by atoms with van der Waals surface area (Å²) < 4.78 is 5.96. The topological polar surface area (TPSA) is 58.7 Å². The highest BCUT2D eigenvalue weighted by Crippen LogP contribution is 2.38. The Bertz CT molecular complexity index is 1410. The van der Waals surface area contributed by atoms with E-state index in [0.29, 0.717) is 36.8 Å². The van der Waals surface area contributed by atoms with Gasteiger partial charge in [-0.1, -0.05) is 41.4 Å². The van der Waals surface area contributed by atoms with E-state index in [4.69, 9.17) is 27.6 Å². The van der Waals surface area contributed by atoms with Gasteiger partial charge in [0.2, 0.25) is 5.13 Å². The number of furan rings is 1. The third kappa shape index (κ3) is 4.63. The molecule has 0 N–H and O–H groups in total. The second-order valence-corrected chi connectivity index (χ2v) is 9.74. The van der Waals surface area contributed by atoms with Gasteiger partial charge in [-0.15, -0.1) is 11.3 Å². The van der Waals surface area contributed by atoms with Crippen molar-refractivity contribution in [3.63, 3.8) is 0 Å². The van der Waals surface area contributed by atoms with Gasteiger partial charge in [0.25, 0.3) is 5.91 Å². The summed E-state index contributed by atoms with van der Waals surface area (Å²) in [5.41, 5.74) is 2.43. The van der Waals surface area contributed by atoms with Crippen LogP contribution in [-0.4, -0.2) is 16.1 Å². The van der Waals surface area contributed by atoms with Crippen LogP contribution in [0.3, 0.4) is 0 Å². The molecule has 9 heteroatoms. The molecule has 0 radical (unpaired) electrons. The third-order valence-electron chi connectivity index (χ3n) is 4.72. The molecular weight excluding hydrogens is 497 g/mol. The number of aryl methyl sites for hydroxylation is 1.